The summed E-state index contributed by atoms with van der Waals surface area (Å²) in [5, 5.41) is 7.87. The molecule has 1 N–H and O–H groups in total. The van der Waals surface area contributed by atoms with Gasteiger partial charge in [-0.05, 0) is 55.9 Å². The molecule has 2 unspecified atom stereocenters. The normalized spacial score (nSPS) is 21.9. The molecule has 3 heteroatoms. The highest BCUT2D eigenvalue weighted by Gasteiger charge is 2.17. The zero-order chi connectivity index (χ0) is 14.7. The molecule has 0 saturated carbocycles. The van der Waals surface area contributed by atoms with Crippen LogP contribution in [0.1, 0.15) is 26.7 Å². The number of hydrogen-bond donors (Lipinski definition) is 1. The van der Waals surface area contributed by atoms with Crippen molar-refractivity contribution in [2.24, 2.45) is 11.8 Å². The first-order chi connectivity index (χ1) is 10.2. The van der Waals surface area contributed by atoms with Crippen molar-refractivity contribution in [3.63, 3.8) is 0 Å². The van der Waals surface area contributed by atoms with Gasteiger partial charge in [-0.1, -0.05) is 24.6 Å². The third-order valence-corrected chi connectivity index (χ3v) is 4.09. The molecule has 3 rings (SSSR count). The van der Waals surface area contributed by atoms with Crippen LogP contribution in [0.15, 0.2) is 54.4 Å². The molecular formula is C18H23N3. The van der Waals surface area contributed by atoms with E-state index in [0.29, 0.717) is 5.92 Å². The number of nitrogens with zero attached hydrogens (tertiary/aromatic N) is 2. The number of rotatable bonds is 4. The lowest BCUT2D eigenvalue weighted by Crippen LogP contribution is -2.20. The highest BCUT2D eigenvalue weighted by Crippen LogP contribution is 2.28. The molecule has 1 heterocycles. The maximum Gasteiger partial charge on any atom is 0.0666 e. The lowest BCUT2D eigenvalue weighted by Gasteiger charge is -2.26. The van der Waals surface area contributed by atoms with Crippen molar-refractivity contribution in [3.8, 4) is 5.69 Å². The van der Waals surface area contributed by atoms with Crippen LogP contribution in [0.25, 0.3) is 5.69 Å². The van der Waals surface area contributed by atoms with Gasteiger partial charge in [-0.15, -0.1) is 0 Å². The molecule has 0 saturated heterocycles. The predicted molar refractivity (Wildman–Crippen MR) is 87.7 cm³/mol. The molecule has 1 aliphatic rings. The summed E-state index contributed by atoms with van der Waals surface area (Å²) in [5.74, 6) is 1.44. The van der Waals surface area contributed by atoms with Crippen LogP contribution >= 0.6 is 0 Å². The Hall–Kier alpha value is -2.03. The molecule has 21 heavy (non-hydrogen) atoms. The predicted octanol–water partition coefficient (Wildman–Crippen LogP) is 4.28. The first kappa shape index (κ1) is 13.9. The summed E-state index contributed by atoms with van der Waals surface area (Å²) in [6.07, 6.45) is 8.68. The number of aromatic nitrogens is 2. The van der Waals surface area contributed by atoms with Gasteiger partial charge in [0.25, 0.3) is 0 Å². The lowest BCUT2D eigenvalue weighted by atomic mass is 9.84. The number of hydrogen-bond acceptors (Lipinski definition) is 2. The zero-order valence-corrected chi connectivity index (χ0v) is 12.8. The summed E-state index contributed by atoms with van der Waals surface area (Å²) in [6, 6.07) is 10.4. The minimum atomic E-state index is 0.709. The van der Waals surface area contributed by atoms with Crippen molar-refractivity contribution in [3.05, 3.63) is 54.4 Å². The first-order valence-electron chi connectivity index (χ1n) is 7.72. The van der Waals surface area contributed by atoms with Crippen LogP contribution in [0.3, 0.4) is 0 Å². The number of anilines is 1. The molecule has 1 aromatic carbocycles. The molecule has 0 aliphatic heterocycles. The van der Waals surface area contributed by atoms with E-state index in [1.54, 1.807) is 6.20 Å². The maximum absolute atomic E-state index is 4.28. The van der Waals surface area contributed by atoms with Gasteiger partial charge in [0.2, 0.25) is 0 Å². The second-order valence-corrected chi connectivity index (χ2v) is 6.18. The molecule has 0 radical (unpaired) electrons. The van der Waals surface area contributed by atoms with Crippen LogP contribution in [0.2, 0.25) is 0 Å². The van der Waals surface area contributed by atoms with Crippen LogP contribution in [-0.2, 0) is 0 Å². The minimum Gasteiger partial charge on any atom is -0.385 e. The van der Waals surface area contributed by atoms with Gasteiger partial charge >= 0.3 is 0 Å². The van der Waals surface area contributed by atoms with Crippen LogP contribution in [0, 0.1) is 11.8 Å². The quantitative estimate of drug-likeness (QED) is 0.848. The van der Waals surface area contributed by atoms with E-state index in [-0.39, 0.29) is 0 Å². The van der Waals surface area contributed by atoms with Crippen molar-refractivity contribution in [1.82, 2.24) is 9.78 Å². The van der Waals surface area contributed by atoms with Gasteiger partial charge in [-0.25, -0.2) is 4.68 Å². The highest BCUT2D eigenvalue weighted by atomic mass is 15.3. The summed E-state index contributed by atoms with van der Waals surface area (Å²) in [6.45, 7) is 5.60. The molecule has 1 aromatic heterocycles. The Kier molecular flexibility index (Phi) is 4.09. The molecule has 0 fully saturated rings. The molecule has 0 bridgehead atoms. The largest absolute Gasteiger partial charge is 0.385 e. The molecule has 1 aliphatic carbocycles. The van der Waals surface area contributed by atoms with Crippen LogP contribution in [0.4, 0.5) is 5.69 Å². The number of allylic oxidation sites excluding steroid dienone is 2. The fraction of sp³-hybridized carbons (Fsp3) is 0.389. The van der Waals surface area contributed by atoms with Gasteiger partial charge in [0, 0.05) is 24.6 Å². The standard InChI is InChI=1S/C18H23N3/c1-14-9-15(2)11-16(10-14)13-19-17-5-3-6-18(12-17)21-8-4-7-20-21/h3-9,12,14,16,19H,10-11,13H2,1-2H3. The maximum atomic E-state index is 4.28. The first-order valence-corrected chi connectivity index (χ1v) is 7.72. The average Bonchev–Trinajstić information content (AvgIpc) is 2.99. The molecule has 110 valence electrons. The Morgan fingerprint density at radius 3 is 3.00 bits per heavy atom. The Labute approximate surface area is 126 Å². The summed E-state index contributed by atoms with van der Waals surface area (Å²) >= 11 is 0. The van der Waals surface area contributed by atoms with E-state index in [1.807, 2.05) is 16.9 Å². The van der Waals surface area contributed by atoms with Crippen LogP contribution in [0.5, 0.6) is 0 Å². The summed E-state index contributed by atoms with van der Waals surface area (Å²) in [7, 11) is 0. The van der Waals surface area contributed by atoms with Crippen LogP contribution in [-0.4, -0.2) is 16.3 Å². The molecule has 2 aromatic rings. The van der Waals surface area contributed by atoms with E-state index in [4.69, 9.17) is 0 Å². The number of nitrogens with one attached hydrogen (secondary N) is 1. The molecular weight excluding hydrogens is 258 g/mol. The van der Waals surface area contributed by atoms with E-state index in [0.717, 1.165) is 18.2 Å². The van der Waals surface area contributed by atoms with Crippen molar-refractivity contribution in [1.29, 1.82) is 0 Å². The van der Waals surface area contributed by atoms with Gasteiger partial charge in [0.05, 0.1) is 5.69 Å². The number of benzene rings is 1. The van der Waals surface area contributed by atoms with Gasteiger partial charge in [-0.3, -0.25) is 0 Å². The van der Waals surface area contributed by atoms with Gasteiger partial charge < -0.3 is 5.32 Å². The second-order valence-electron chi connectivity index (χ2n) is 6.18. The van der Waals surface area contributed by atoms with Crippen molar-refractivity contribution < 1.29 is 0 Å². The molecule has 2 atom stereocenters. The average molecular weight is 281 g/mol. The Morgan fingerprint density at radius 2 is 2.24 bits per heavy atom. The second kappa shape index (κ2) is 6.17. The minimum absolute atomic E-state index is 0.709. The zero-order valence-electron chi connectivity index (χ0n) is 12.8. The van der Waals surface area contributed by atoms with E-state index >= 15 is 0 Å². The van der Waals surface area contributed by atoms with E-state index in [2.05, 4.69) is 54.6 Å². The fourth-order valence-electron chi connectivity index (χ4n) is 3.28. The monoisotopic (exact) mass is 281 g/mol. The van der Waals surface area contributed by atoms with Crippen molar-refractivity contribution in [2.75, 3.05) is 11.9 Å². The lowest BCUT2D eigenvalue weighted by molar-refractivity contribution is 0.421. The van der Waals surface area contributed by atoms with E-state index in [9.17, 15) is 0 Å². The summed E-state index contributed by atoms with van der Waals surface area (Å²) in [5.41, 5.74) is 3.80. The van der Waals surface area contributed by atoms with Crippen LogP contribution < -0.4 is 5.32 Å². The van der Waals surface area contributed by atoms with Gasteiger partial charge in [0.1, 0.15) is 0 Å². The van der Waals surface area contributed by atoms with Gasteiger partial charge in [-0.2, -0.15) is 5.10 Å². The molecule has 3 nitrogen and oxygen atoms in total. The van der Waals surface area contributed by atoms with Gasteiger partial charge in [0.15, 0.2) is 0 Å². The Balaban J connectivity index is 1.63. The third kappa shape index (κ3) is 3.54. The fourth-order valence-corrected chi connectivity index (χ4v) is 3.28. The summed E-state index contributed by atoms with van der Waals surface area (Å²) in [4.78, 5) is 0. The summed E-state index contributed by atoms with van der Waals surface area (Å²) < 4.78 is 1.89. The SMILES string of the molecule is CC1=CC(C)CC(CNc2cccc(-n3cccn3)c2)C1. The highest BCUT2D eigenvalue weighted by molar-refractivity contribution is 5.50. The van der Waals surface area contributed by atoms with Crippen molar-refractivity contribution in [2.45, 2.75) is 26.7 Å². The Bertz CT molecular complexity index is 613. The smallest absolute Gasteiger partial charge is 0.0666 e. The molecule has 0 spiro atoms. The van der Waals surface area contributed by atoms with E-state index < -0.39 is 0 Å². The topological polar surface area (TPSA) is 29.9 Å². The molecule has 0 amide bonds. The Morgan fingerprint density at radius 1 is 1.33 bits per heavy atom. The third-order valence-electron chi connectivity index (χ3n) is 4.09. The van der Waals surface area contributed by atoms with Crippen molar-refractivity contribution >= 4 is 5.69 Å². The van der Waals surface area contributed by atoms with E-state index in [1.165, 1.54) is 24.1 Å².